The molecule has 4 rings (SSSR count). The van der Waals surface area contributed by atoms with Gasteiger partial charge in [0.05, 0.1) is 11.9 Å². The Morgan fingerprint density at radius 1 is 1.17 bits per heavy atom. The number of nitrogens with zero attached hydrogens (tertiary/aromatic N) is 3. The van der Waals surface area contributed by atoms with Gasteiger partial charge in [0.25, 0.3) is 0 Å². The van der Waals surface area contributed by atoms with Gasteiger partial charge in [-0.25, -0.2) is 0 Å². The van der Waals surface area contributed by atoms with Crippen molar-refractivity contribution in [3.05, 3.63) is 36.3 Å². The van der Waals surface area contributed by atoms with Gasteiger partial charge in [-0.3, -0.25) is 15.0 Å². The van der Waals surface area contributed by atoms with Gasteiger partial charge in [-0.2, -0.15) is 5.10 Å². The topological polar surface area (TPSA) is 56.8 Å². The van der Waals surface area contributed by atoms with E-state index in [1.807, 2.05) is 18.5 Å². The highest BCUT2D eigenvalue weighted by Gasteiger charge is 2.38. The lowest BCUT2D eigenvalue weighted by molar-refractivity contribution is 0.194. The predicted octanol–water partition coefficient (Wildman–Crippen LogP) is 2.47. The van der Waals surface area contributed by atoms with Gasteiger partial charge in [0.1, 0.15) is 0 Å². The van der Waals surface area contributed by atoms with Crippen molar-refractivity contribution in [1.82, 2.24) is 25.4 Å². The van der Waals surface area contributed by atoms with Crippen LogP contribution in [0.15, 0.2) is 30.7 Å². The minimum Gasteiger partial charge on any atom is -0.317 e. The van der Waals surface area contributed by atoms with Gasteiger partial charge in [-0.05, 0) is 56.4 Å². The number of nitrogens with one attached hydrogen (secondary N) is 2. The lowest BCUT2D eigenvalue weighted by Gasteiger charge is -2.33. The van der Waals surface area contributed by atoms with Crippen LogP contribution in [-0.2, 0) is 6.54 Å². The van der Waals surface area contributed by atoms with Crippen molar-refractivity contribution in [2.75, 3.05) is 26.2 Å². The molecule has 0 saturated carbocycles. The van der Waals surface area contributed by atoms with Crippen molar-refractivity contribution in [3.8, 4) is 11.3 Å². The maximum Gasteiger partial charge on any atom is 0.0710 e. The van der Waals surface area contributed by atoms with Crippen LogP contribution >= 0.6 is 12.4 Å². The molecule has 2 aliphatic rings. The third kappa shape index (κ3) is 3.42. The SMILES string of the molecule is Cl.c1cncc(-c2[nH]ncc2CN2CCC3(CCNCC3)C2)c1. The summed E-state index contributed by atoms with van der Waals surface area (Å²) < 4.78 is 0. The number of halogens is 1. The molecule has 5 nitrogen and oxygen atoms in total. The molecule has 2 N–H and O–H groups in total. The van der Waals surface area contributed by atoms with E-state index >= 15 is 0 Å². The zero-order valence-corrected chi connectivity index (χ0v) is 14.1. The monoisotopic (exact) mass is 333 g/mol. The lowest BCUT2D eigenvalue weighted by atomic mass is 9.78. The van der Waals surface area contributed by atoms with Crippen LogP contribution in [0.1, 0.15) is 24.8 Å². The zero-order valence-electron chi connectivity index (χ0n) is 13.3. The first kappa shape index (κ1) is 16.4. The Morgan fingerprint density at radius 3 is 2.83 bits per heavy atom. The number of pyridine rings is 1. The second-order valence-electron chi connectivity index (χ2n) is 6.72. The van der Waals surface area contributed by atoms with Crippen molar-refractivity contribution in [2.24, 2.45) is 5.41 Å². The molecule has 4 heterocycles. The molecular weight excluding hydrogens is 310 g/mol. The van der Waals surface area contributed by atoms with Gasteiger partial charge in [-0.15, -0.1) is 12.4 Å². The molecule has 0 bridgehead atoms. The van der Waals surface area contributed by atoms with Crippen LogP contribution in [0, 0.1) is 5.41 Å². The van der Waals surface area contributed by atoms with E-state index in [2.05, 4.69) is 31.5 Å². The van der Waals surface area contributed by atoms with Crippen LogP contribution in [0.2, 0.25) is 0 Å². The average molecular weight is 334 g/mol. The molecule has 1 spiro atoms. The third-order valence-electron chi connectivity index (χ3n) is 5.24. The maximum atomic E-state index is 4.26. The number of aromatic nitrogens is 3. The van der Waals surface area contributed by atoms with E-state index in [4.69, 9.17) is 0 Å². The molecule has 23 heavy (non-hydrogen) atoms. The Labute approximate surface area is 143 Å². The first-order chi connectivity index (χ1) is 10.8. The molecule has 0 aliphatic carbocycles. The number of hydrogen-bond acceptors (Lipinski definition) is 4. The molecule has 2 aromatic heterocycles. The van der Waals surface area contributed by atoms with E-state index in [1.165, 1.54) is 51.0 Å². The Bertz CT molecular complexity index is 621. The van der Waals surface area contributed by atoms with Crippen LogP contribution in [0.3, 0.4) is 0 Å². The predicted molar refractivity (Wildman–Crippen MR) is 93.5 cm³/mol. The van der Waals surface area contributed by atoms with Crippen molar-refractivity contribution in [3.63, 3.8) is 0 Å². The number of hydrogen-bond donors (Lipinski definition) is 2. The van der Waals surface area contributed by atoms with E-state index in [9.17, 15) is 0 Å². The summed E-state index contributed by atoms with van der Waals surface area (Å²) in [6.45, 7) is 5.78. The van der Waals surface area contributed by atoms with Crippen molar-refractivity contribution in [1.29, 1.82) is 0 Å². The molecular formula is C17H24ClN5. The minimum atomic E-state index is 0. The molecule has 0 unspecified atom stereocenters. The molecule has 2 saturated heterocycles. The van der Waals surface area contributed by atoms with Crippen molar-refractivity contribution >= 4 is 12.4 Å². The summed E-state index contributed by atoms with van der Waals surface area (Å²) in [4.78, 5) is 6.81. The number of H-pyrrole nitrogens is 1. The summed E-state index contributed by atoms with van der Waals surface area (Å²) in [7, 11) is 0. The molecule has 6 heteroatoms. The Hall–Kier alpha value is -1.43. The number of rotatable bonds is 3. The molecule has 0 atom stereocenters. The van der Waals surface area contributed by atoms with Gasteiger partial charge in [0, 0.05) is 36.6 Å². The number of piperidine rings is 1. The molecule has 0 amide bonds. The van der Waals surface area contributed by atoms with Gasteiger partial charge < -0.3 is 5.32 Å². The highest BCUT2D eigenvalue weighted by Crippen LogP contribution is 2.39. The number of likely N-dealkylation sites (tertiary alicyclic amines) is 1. The fourth-order valence-electron chi connectivity index (χ4n) is 3.96. The summed E-state index contributed by atoms with van der Waals surface area (Å²) >= 11 is 0. The lowest BCUT2D eigenvalue weighted by Crippen LogP contribution is -2.38. The Morgan fingerprint density at radius 2 is 2.04 bits per heavy atom. The van der Waals surface area contributed by atoms with E-state index in [0.29, 0.717) is 5.41 Å². The van der Waals surface area contributed by atoms with Gasteiger partial charge in [0.2, 0.25) is 0 Å². The second-order valence-corrected chi connectivity index (χ2v) is 6.72. The molecule has 124 valence electrons. The van der Waals surface area contributed by atoms with E-state index in [0.717, 1.165) is 17.8 Å². The fourth-order valence-corrected chi connectivity index (χ4v) is 3.96. The van der Waals surface area contributed by atoms with Crippen LogP contribution < -0.4 is 5.32 Å². The van der Waals surface area contributed by atoms with Gasteiger partial charge >= 0.3 is 0 Å². The second kappa shape index (κ2) is 6.99. The average Bonchev–Trinajstić information content (AvgIpc) is 3.17. The van der Waals surface area contributed by atoms with Crippen LogP contribution in [-0.4, -0.2) is 46.3 Å². The highest BCUT2D eigenvalue weighted by molar-refractivity contribution is 5.85. The van der Waals surface area contributed by atoms with Gasteiger partial charge in [-0.1, -0.05) is 0 Å². The standard InChI is InChI=1S/C17H23N5.ClH/c1-2-14(10-19-6-1)16-15(11-20-21-16)12-22-9-5-17(13-22)3-7-18-8-4-17;/h1-2,6,10-11,18H,3-5,7-9,12-13H2,(H,20,21);1H. The summed E-state index contributed by atoms with van der Waals surface area (Å²) in [6.07, 6.45) is 9.66. The minimum absolute atomic E-state index is 0. The normalized spacial score (nSPS) is 20.5. The van der Waals surface area contributed by atoms with E-state index in [-0.39, 0.29) is 12.4 Å². The summed E-state index contributed by atoms with van der Waals surface area (Å²) in [5, 5.41) is 10.9. The van der Waals surface area contributed by atoms with Crippen molar-refractivity contribution < 1.29 is 0 Å². The first-order valence-electron chi connectivity index (χ1n) is 8.20. The van der Waals surface area contributed by atoms with Crippen LogP contribution in [0.4, 0.5) is 0 Å². The molecule has 2 aliphatic heterocycles. The van der Waals surface area contributed by atoms with Crippen molar-refractivity contribution in [2.45, 2.75) is 25.8 Å². The Balaban J connectivity index is 0.00000156. The highest BCUT2D eigenvalue weighted by atomic mass is 35.5. The fraction of sp³-hybridized carbons (Fsp3) is 0.529. The molecule has 2 fully saturated rings. The van der Waals surface area contributed by atoms with E-state index in [1.54, 1.807) is 6.20 Å². The number of aromatic amines is 1. The summed E-state index contributed by atoms with van der Waals surface area (Å²) in [5.41, 5.74) is 4.06. The molecule has 0 aromatic carbocycles. The smallest absolute Gasteiger partial charge is 0.0710 e. The van der Waals surface area contributed by atoms with Crippen LogP contribution in [0.5, 0.6) is 0 Å². The largest absolute Gasteiger partial charge is 0.317 e. The quantitative estimate of drug-likeness (QED) is 0.906. The third-order valence-corrected chi connectivity index (χ3v) is 5.24. The Kier molecular flexibility index (Phi) is 4.99. The zero-order chi connectivity index (χ0) is 14.8. The first-order valence-corrected chi connectivity index (χ1v) is 8.20. The van der Waals surface area contributed by atoms with E-state index < -0.39 is 0 Å². The molecule has 0 radical (unpaired) electrons. The van der Waals surface area contributed by atoms with Gasteiger partial charge in [0.15, 0.2) is 0 Å². The van der Waals surface area contributed by atoms with Crippen LogP contribution in [0.25, 0.3) is 11.3 Å². The molecule has 2 aromatic rings. The maximum absolute atomic E-state index is 4.26. The summed E-state index contributed by atoms with van der Waals surface area (Å²) in [5.74, 6) is 0. The summed E-state index contributed by atoms with van der Waals surface area (Å²) in [6, 6.07) is 4.06.